The highest BCUT2D eigenvalue weighted by Gasteiger charge is 2.38. The molecular weight excluding hydrogens is 303 g/mol. The van der Waals surface area contributed by atoms with Gasteiger partial charge in [0.25, 0.3) is 0 Å². The van der Waals surface area contributed by atoms with Crippen molar-refractivity contribution in [3.63, 3.8) is 0 Å². The second-order valence-electron chi connectivity index (χ2n) is 5.56. The number of halogens is 1. The molecule has 0 spiro atoms. The third-order valence-electron chi connectivity index (χ3n) is 3.90. The molecule has 1 unspecified atom stereocenters. The topological polar surface area (TPSA) is 77.9 Å². The third kappa shape index (κ3) is 4.06. The summed E-state index contributed by atoms with van der Waals surface area (Å²) in [4.78, 5) is 38.1. The van der Waals surface area contributed by atoms with Crippen molar-refractivity contribution in [2.45, 2.75) is 19.3 Å². The van der Waals surface area contributed by atoms with Crippen molar-refractivity contribution in [3.05, 3.63) is 30.1 Å². The molecule has 1 aromatic carbocycles. The molecule has 7 heteroatoms. The maximum Gasteiger partial charge on any atom is 0.303 e. The Kier molecular flexibility index (Phi) is 5.31. The van der Waals surface area contributed by atoms with Gasteiger partial charge in [-0.15, -0.1) is 0 Å². The molecule has 0 aliphatic carbocycles. The minimum atomic E-state index is -0.912. The van der Waals surface area contributed by atoms with E-state index in [9.17, 15) is 18.8 Å². The number of hydrogen-bond acceptors (Lipinski definition) is 3. The molecule has 1 saturated heterocycles. The fourth-order valence-corrected chi connectivity index (χ4v) is 2.63. The Morgan fingerprint density at radius 3 is 2.61 bits per heavy atom. The number of anilines is 1. The Morgan fingerprint density at radius 1 is 1.35 bits per heavy atom. The minimum absolute atomic E-state index is 0.0159. The fraction of sp³-hybridized carbons (Fsp3) is 0.438. The number of benzene rings is 1. The number of carbonyl (C=O) groups is 3. The smallest absolute Gasteiger partial charge is 0.303 e. The Morgan fingerprint density at radius 2 is 2.00 bits per heavy atom. The zero-order chi connectivity index (χ0) is 17.0. The number of nitrogens with zero attached hydrogens (tertiary/aromatic N) is 2. The normalized spacial score (nSPS) is 17.4. The molecule has 0 aromatic heterocycles. The zero-order valence-corrected chi connectivity index (χ0v) is 12.9. The van der Waals surface area contributed by atoms with Crippen molar-refractivity contribution in [3.8, 4) is 0 Å². The summed E-state index contributed by atoms with van der Waals surface area (Å²) in [6.07, 6.45) is 0.733. The van der Waals surface area contributed by atoms with Crippen molar-refractivity contribution >= 4 is 23.5 Å². The summed E-state index contributed by atoms with van der Waals surface area (Å²) in [6, 6.07) is 5.57. The van der Waals surface area contributed by atoms with E-state index in [1.807, 2.05) is 0 Å². The van der Waals surface area contributed by atoms with Gasteiger partial charge in [0.05, 0.1) is 0 Å². The third-order valence-corrected chi connectivity index (χ3v) is 3.90. The molecule has 1 heterocycles. The Bertz CT molecular complexity index is 603. The van der Waals surface area contributed by atoms with Crippen LogP contribution in [0, 0.1) is 11.7 Å². The van der Waals surface area contributed by atoms with Crippen LogP contribution in [0.2, 0.25) is 0 Å². The van der Waals surface area contributed by atoms with Crippen LogP contribution in [0.3, 0.4) is 0 Å². The predicted octanol–water partition coefficient (Wildman–Crippen LogP) is 1.50. The van der Waals surface area contributed by atoms with E-state index < -0.39 is 11.9 Å². The van der Waals surface area contributed by atoms with Crippen molar-refractivity contribution in [2.75, 3.05) is 25.0 Å². The number of hydrogen-bond donors (Lipinski definition) is 1. The van der Waals surface area contributed by atoms with Crippen LogP contribution >= 0.6 is 0 Å². The van der Waals surface area contributed by atoms with Gasteiger partial charge >= 0.3 is 5.97 Å². The zero-order valence-electron chi connectivity index (χ0n) is 12.9. The summed E-state index contributed by atoms with van der Waals surface area (Å²) in [5.74, 6) is -2.65. The van der Waals surface area contributed by atoms with E-state index in [-0.39, 0.29) is 24.1 Å². The van der Waals surface area contributed by atoms with E-state index in [1.54, 1.807) is 7.05 Å². The molecule has 1 N–H and O–H groups in total. The first-order chi connectivity index (χ1) is 10.9. The van der Waals surface area contributed by atoms with Gasteiger partial charge in [-0.3, -0.25) is 14.4 Å². The van der Waals surface area contributed by atoms with Gasteiger partial charge in [-0.05, 0) is 37.1 Å². The molecule has 124 valence electrons. The lowest BCUT2D eigenvalue weighted by atomic mass is 10.1. The first-order valence-electron chi connectivity index (χ1n) is 7.44. The van der Waals surface area contributed by atoms with Crippen LogP contribution in [-0.4, -0.2) is 47.9 Å². The number of aliphatic carboxylic acids is 1. The summed E-state index contributed by atoms with van der Waals surface area (Å²) in [6.45, 7) is 0.704. The largest absolute Gasteiger partial charge is 0.481 e. The summed E-state index contributed by atoms with van der Waals surface area (Å²) in [5, 5.41) is 8.61. The highest BCUT2D eigenvalue weighted by atomic mass is 19.1. The number of carboxylic acid groups (broad SMARTS) is 1. The molecule has 23 heavy (non-hydrogen) atoms. The summed E-state index contributed by atoms with van der Waals surface area (Å²) >= 11 is 0. The van der Waals surface area contributed by atoms with Crippen LogP contribution in [0.25, 0.3) is 0 Å². The molecule has 0 bridgehead atoms. The SMILES string of the molecule is CN(CCCC(=O)O)C(=O)C1CCN(c2ccc(F)cc2)C1=O. The predicted molar refractivity (Wildman–Crippen MR) is 81.4 cm³/mol. The maximum atomic E-state index is 13.0. The molecule has 0 radical (unpaired) electrons. The molecule has 1 aliphatic rings. The van der Waals surface area contributed by atoms with Crippen molar-refractivity contribution in [1.29, 1.82) is 0 Å². The van der Waals surface area contributed by atoms with E-state index in [0.29, 0.717) is 31.6 Å². The monoisotopic (exact) mass is 322 g/mol. The second-order valence-corrected chi connectivity index (χ2v) is 5.56. The number of carboxylic acids is 1. The lowest BCUT2D eigenvalue weighted by Crippen LogP contribution is -2.38. The van der Waals surface area contributed by atoms with Gasteiger partial charge in [-0.2, -0.15) is 0 Å². The maximum absolute atomic E-state index is 13.0. The number of amides is 2. The lowest BCUT2D eigenvalue weighted by molar-refractivity contribution is -0.141. The van der Waals surface area contributed by atoms with Gasteiger partial charge in [0, 0.05) is 32.2 Å². The second kappa shape index (κ2) is 7.21. The fourth-order valence-electron chi connectivity index (χ4n) is 2.63. The van der Waals surface area contributed by atoms with E-state index in [0.717, 1.165) is 0 Å². The van der Waals surface area contributed by atoms with Crippen LogP contribution in [-0.2, 0) is 14.4 Å². The van der Waals surface area contributed by atoms with Crippen LogP contribution in [0.15, 0.2) is 24.3 Å². The van der Waals surface area contributed by atoms with Crippen LogP contribution in [0.1, 0.15) is 19.3 Å². The van der Waals surface area contributed by atoms with Gasteiger partial charge in [-0.1, -0.05) is 0 Å². The number of carbonyl (C=O) groups excluding carboxylic acids is 2. The average molecular weight is 322 g/mol. The van der Waals surface area contributed by atoms with Gasteiger partial charge in [-0.25, -0.2) is 4.39 Å². The molecule has 2 rings (SSSR count). The van der Waals surface area contributed by atoms with Crippen molar-refractivity contribution in [1.82, 2.24) is 4.90 Å². The van der Waals surface area contributed by atoms with Crippen LogP contribution in [0.4, 0.5) is 10.1 Å². The van der Waals surface area contributed by atoms with Crippen LogP contribution in [0.5, 0.6) is 0 Å². The van der Waals surface area contributed by atoms with E-state index >= 15 is 0 Å². The summed E-state index contributed by atoms with van der Waals surface area (Å²) < 4.78 is 13.0. The van der Waals surface area contributed by atoms with E-state index in [1.165, 1.54) is 34.1 Å². The van der Waals surface area contributed by atoms with Gasteiger partial charge < -0.3 is 14.9 Å². The minimum Gasteiger partial charge on any atom is -0.481 e. The highest BCUT2D eigenvalue weighted by Crippen LogP contribution is 2.26. The molecule has 1 aliphatic heterocycles. The van der Waals surface area contributed by atoms with Gasteiger partial charge in [0.15, 0.2) is 0 Å². The lowest BCUT2D eigenvalue weighted by Gasteiger charge is -2.21. The Hall–Kier alpha value is -2.44. The van der Waals surface area contributed by atoms with Gasteiger partial charge in [0.1, 0.15) is 11.7 Å². The number of rotatable bonds is 6. The van der Waals surface area contributed by atoms with Gasteiger partial charge in [0.2, 0.25) is 11.8 Å². The van der Waals surface area contributed by atoms with E-state index in [4.69, 9.17) is 5.11 Å². The first-order valence-corrected chi connectivity index (χ1v) is 7.44. The Balaban J connectivity index is 1.96. The van der Waals surface area contributed by atoms with Crippen molar-refractivity contribution < 1.29 is 23.9 Å². The molecule has 0 saturated carbocycles. The van der Waals surface area contributed by atoms with E-state index in [2.05, 4.69) is 0 Å². The molecule has 1 fully saturated rings. The Labute approximate surface area is 133 Å². The quantitative estimate of drug-likeness (QED) is 0.805. The summed E-state index contributed by atoms with van der Waals surface area (Å²) in [7, 11) is 1.57. The average Bonchev–Trinajstić information content (AvgIpc) is 2.88. The summed E-state index contributed by atoms with van der Waals surface area (Å²) in [5.41, 5.74) is 0.570. The molecular formula is C16H19FN2O4. The standard InChI is InChI=1S/C16H19FN2O4/c1-18(9-2-3-14(20)21)15(22)13-8-10-19(16(13)23)12-6-4-11(17)5-7-12/h4-7,13H,2-3,8-10H2,1H3,(H,20,21). The molecule has 1 aromatic rings. The first kappa shape index (κ1) is 16.9. The molecule has 6 nitrogen and oxygen atoms in total. The van der Waals surface area contributed by atoms with Crippen LogP contribution < -0.4 is 4.90 Å². The highest BCUT2D eigenvalue weighted by molar-refractivity contribution is 6.09. The van der Waals surface area contributed by atoms with Crippen molar-refractivity contribution in [2.24, 2.45) is 5.92 Å². The molecule has 2 amide bonds. The molecule has 1 atom stereocenters.